The Labute approximate surface area is 141 Å². The Morgan fingerprint density at radius 1 is 1.30 bits per heavy atom. The first-order valence-corrected chi connectivity index (χ1v) is 8.57. The molecule has 2 aromatic rings. The van der Waals surface area contributed by atoms with Crippen LogP contribution >= 0.6 is 11.3 Å². The molecule has 23 heavy (non-hydrogen) atoms. The van der Waals surface area contributed by atoms with Gasteiger partial charge >= 0.3 is 0 Å². The highest BCUT2D eigenvalue weighted by Gasteiger charge is 2.07. The number of anilines is 1. The Bertz CT molecular complexity index is 653. The second-order valence-electron chi connectivity index (χ2n) is 5.51. The summed E-state index contributed by atoms with van der Waals surface area (Å²) in [7, 11) is 0. The molecule has 0 aliphatic carbocycles. The van der Waals surface area contributed by atoms with Crippen molar-refractivity contribution in [3.63, 3.8) is 0 Å². The molecule has 1 heterocycles. The highest BCUT2D eigenvalue weighted by Crippen LogP contribution is 2.28. The first-order chi connectivity index (χ1) is 11.1. The van der Waals surface area contributed by atoms with Crippen molar-refractivity contribution in [3.8, 4) is 11.5 Å². The van der Waals surface area contributed by atoms with Crippen molar-refractivity contribution in [1.29, 1.82) is 0 Å². The van der Waals surface area contributed by atoms with Crippen molar-refractivity contribution in [2.24, 2.45) is 11.0 Å². The molecule has 6 heteroatoms. The SMILES string of the molecule is CCOc1cc(/C=N/Nc2nc(C)cs2)ccc1OCC(C)C. The Hall–Kier alpha value is -2.08. The highest BCUT2D eigenvalue weighted by atomic mass is 32.1. The largest absolute Gasteiger partial charge is 0.490 e. The fourth-order valence-electron chi connectivity index (χ4n) is 1.82. The number of hydrogen-bond acceptors (Lipinski definition) is 6. The second-order valence-corrected chi connectivity index (χ2v) is 6.37. The van der Waals surface area contributed by atoms with Crippen LogP contribution in [0, 0.1) is 12.8 Å². The van der Waals surface area contributed by atoms with Crippen LogP contribution in [-0.4, -0.2) is 24.4 Å². The molecule has 1 aromatic carbocycles. The van der Waals surface area contributed by atoms with Crippen LogP contribution < -0.4 is 14.9 Å². The van der Waals surface area contributed by atoms with Gasteiger partial charge in [0.25, 0.3) is 0 Å². The monoisotopic (exact) mass is 333 g/mol. The zero-order valence-corrected chi connectivity index (χ0v) is 14.8. The minimum atomic E-state index is 0.469. The van der Waals surface area contributed by atoms with Crippen LogP contribution in [0.25, 0.3) is 0 Å². The summed E-state index contributed by atoms with van der Waals surface area (Å²) in [6, 6.07) is 5.80. The fourth-order valence-corrected chi connectivity index (χ4v) is 2.45. The quantitative estimate of drug-likeness (QED) is 0.577. The lowest BCUT2D eigenvalue weighted by molar-refractivity contribution is 0.248. The minimum absolute atomic E-state index is 0.469. The Kier molecular flexibility index (Phi) is 6.40. The zero-order valence-electron chi connectivity index (χ0n) is 14.0. The Morgan fingerprint density at radius 3 is 2.78 bits per heavy atom. The summed E-state index contributed by atoms with van der Waals surface area (Å²) in [5.41, 5.74) is 4.85. The summed E-state index contributed by atoms with van der Waals surface area (Å²) in [5.74, 6) is 1.97. The maximum absolute atomic E-state index is 5.79. The van der Waals surface area contributed by atoms with Gasteiger partial charge in [0, 0.05) is 5.38 Å². The number of nitrogens with zero attached hydrogens (tertiary/aromatic N) is 2. The molecule has 1 N–H and O–H groups in total. The number of aryl methyl sites for hydroxylation is 1. The number of hydrazone groups is 1. The number of nitrogens with one attached hydrogen (secondary N) is 1. The third-order valence-electron chi connectivity index (χ3n) is 2.83. The van der Waals surface area contributed by atoms with E-state index in [9.17, 15) is 0 Å². The molecule has 0 amide bonds. The van der Waals surface area contributed by atoms with E-state index in [1.165, 1.54) is 11.3 Å². The lowest BCUT2D eigenvalue weighted by atomic mass is 10.2. The smallest absolute Gasteiger partial charge is 0.203 e. The van der Waals surface area contributed by atoms with Crippen LogP contribution in [0.1, 0.15) is 32.0 Å². The van der Waals surface area contributed by atoms with Gasteiger partial charge in [0.2, 0.25) is 5.13 Å². The maximum Gasteiger partial charge on any atom is 0.203 e. The number of rotatable bonds is 8. The molecule has 0 saturated heterocycles. The van der Waals surface area contributed by atoms with Crippen LogP contribution in [0.3, 0.4) is 0 Å². The predicted octanol–water partition coefficient (Wildman–Crippen LogP) is 4.33. The first kappa shape index (κ1) is 17.3. The van der Waals surface area contributed by atoms with E-state index in [1.54, 1.807) is 6.21 Å². The van der Waals surface area contributed by atoms with Crippen LogP contribution in [0.2, 0.25) is 0 Å². The van der Waals surface area contributed by atoms with Gasteiger partial charge in [-0.1, -0.05) is 13.8 Å². The summed E-state index contributed by atoms with van der Waals surface area (Å²) in [4.78, 5) is 4.29. The van der Waals surface area contributed by atoms with Crippen LogP contribution in [0.15, 0.2) is 28.7 Å². The third-order valence-corrected chi connectivity index (χ3v) is 3.70. The number of ether oxygens (including phenoxy) is 2. The van der Waals surface area contributed by atoms with E-state index in [0.717, 1.165) is 27.9 Å². The fraction of sp³-hybridized carbons (Fsp3) is 0.412. The molecule has 1 aromatic heterocycles. The van der Waals surface area contributed by atoms with Gasteiger partial charge in [0.15, 0.2) is 11.5 Å². The van der Waals surface area contributed by atoms with Crippen LogP contribution in [-0.2, 0) is 0 Å². The molecule has 0 aliphatic heterocycles. The lowest BCUT2D eigenvalue weighted by Gasteiger charge is -2.13. The van der Waals surface area contributed by atoms with Crippen molar-refractivity contribution in [3.05, 3.63) is 34.8 Å². The van der Waals surface area contributed by atoms with E-state index in [1.807, 2.05) is 37.4 Å². The van der Waals surface area contributed by atoms with E-state index in [-0.39, 0.29) is 0 Å². The minimum Gasteiger partial charge on any atom is -0.490 e. The Balaban J connectivity index is 2.05. The average Bonchev–Trinajstić information content (AvgIpc) is 2.92. The molecule has 0 fully saturated rings. The normalized spacial score (nSPS) is 11.2. The molecule has 0 saturated carbocycles. The number of aromatic nitrogens is 1. The average molecular weight is 333 g/mol. The van der Waals surface area contributed by atoms with E-state index in [2.05, 4.69) is 29.4 Å². The maximum atomic E-state index is 5.79. The van der Waals surface area contributed by atoms with Crippen molar-refractivity contribution in [2.75, 3.05) is 18.6 Å². The summed E-state index contributed by atoms with van der Waals surface area (Å²) in [6.45, 7) is 9.41. The van der Waals surface area contributed by atoms with Gasteiger partial charge in [-0.3, -0.25) is 5.43 Å². The first-order valence-electron chi connectivity index (χ1n) is 7.69. The van der Waals surface area contributed by atoms with Gasteiger partial charge in [-0.25, -0.2) is 4.98 Å². The molecule has 0 aliphatic rings. The van der Waals surface area contributed by atoms with Crippen molar-refractivity contribution < 1.29 is 9.47 Å². The van der Waals surface area contributed by atoms with E-state index < -0.39 is 0 Å². The van der Waals surface area contributed by atoms with Gasteiger partial charge in [-0.2, -0.15) is 5.10 Å². The molecule has 0 atom stereocenters. The van der Waals surface area contributed by atoms with Gasteiger partial charge < -0.3 is 9.47 Å². The standard InChI is InChI=1S/C17H23N3O2S/c1-5-21-16-8-14(6-7-15(16)22-10-12(2)3)9-18-20-17-19-13(4)11-23-17/h6-9,11-12H,5,10H2,1-4H3,(H,19,20)/b18-9+. The summed E-state index contributed by atoms with van der Waals surface area (Å²) >= 11 is 1.53. The molecule has 2 rings (SSSR count). The molecule has 124 valence electrons. The third kappa shape index (κ3) is 5.56. The van der Waals surface area contributed by atoms with Crippen molar-refractivity contribution >= 4 is 22.7 Å². The molecule has 0 unspecified atom stereocenters. The second kappa shape index (κ2) is 8.53. The predicted molar refractivity (Wildman–Crippen MR) is 96.0 cm³/mol. The van der Waals surface area contributed by atoms with Gasteiger partial charge in [0.1, 0.15) is 0 Å². The van der Waals surface area contributed by atoms with Crippen molar-refractivity contribution in [1.82, 2.24) is 4.98 Å². The zero-order chi connectivity index (χ0) is 16.7. The molecule has 0 spiro atoms. The number of thiazole rings is 1. The number of benzene rings is 1. The molecule has 5 nitrogen and oxygen atoms in total. The van der Waals surface area contributed by atoms with Crippen LogP contribution in [0.5, 0.6) is 11.5 Å². The molecular formula is C17H23N3O2S. The van der Waals surface area contributed by atoms with Crippen molar-refractivity contribution in [2.45, 2.75) is 27.7 Å². The summed E-state index contributed by atoms with van der Waals surface area (Å²) in [5, 5.41) is 6.96. The Morgan fingerprint density at radius 2 is 2.13 bits per heavy atom. The van der Waals surface area contributed by atoms with Crippen LogP contribution in [0.4, 0.5) is 5.13 Å². The summed E-state index contributed by atoms with van der Waals surface area (Å²) < 4.78 is 11.4. The van der Waals surface area contributed by atoms with Gasteiger partial charge in [0.05, 0.1) is 25.1 Å². The van der Waals surface area contributed by atoms with E-state index in [4.69, 9.17) is 9.47 Å². The van der Waals surface area contributed by atoms with E-state index in [0.29, 0.717) is 19.1 Å². The van der Waals surface area contributed by atoms with Gasteiger partial charge in [-0.05, 0) is 43.5 Å². The van der Waals surface area contributed by atoms with E-state index >= 15 is 0 Å². The van der Waals surface area contributed by atoms with Gasteiger partial charge in [-0.15, -0.1) is 11.3 Å². The molecular weight excluding hydrogens is 310 g/mol. The molecule has 0 radical (unpaired) electrons. The summed E-state index contributed by atoms with van der Waals surface area (Å²) in [6.07, 6.45) is 1.74. The lowest BCUT2D eigenvalue weighted by Crippen LogP contribution is -2.06. The highest BCUT2D eigenvalue weighted by molar-refractivity contribution is 7.13. The topological polar surface area (TPSA) is 55.7 Å². The molecule has 0 bridgehead atoms. The number of hydrogen-bond donors (Lipinski definition) is 1.